The molecule has 5 nitrogen and oxygen atoms in total. The number of carbonyl (C=O) groups is 1. The highest BCUT2D eigenvalue weighted by Gasteiger charge is 2.10. The van der Waals surface area contributed by atoms with E-state index in [1.54, 1.807) is 24.0 Å². The minimum Gasteiger partial charge on any atom is -0.462 e. The van der Waals surface area contributed by atoms with E-state index in [9.17, 15) is 4.79 Å². The molecule has 0 aliphatic heterocycles. The third kappa shape index (κ3) is 5.73. The summed E-state index contributed by atoms with van der Waals surface area (Å²) in [6, 6.07) is 11.3. The van der Waals surface area contributed by atoms with E-state index in [0.29, 0.717) is 12.2 Å². The van der Waals surface area contributed by atoms with E-state index in [1.165, 1.54) is 19.6 Å². The van der Waals surface area contributed by atoms with Crippen molar-refractivity contribution < 1.29 is 24.2 Å². The highest BCUT2D eigenvalue weighted by molar-refractivity contribution is 5.89. The van der Waals surface area contributed by atoms with Gasteiger partial charge in [0, 0.05) is 5.56 Å². The second kappa shape index (κ2) is 10.0. The zero-order valence-corrected chi connectivity index (χ0v) is 15.5. The van der Waals surface area contributed by atoms with E-state index in [4.69, 9.17) is 9.15 Å². The molecule has 1 aromatic carbocycles. The van der Waals surface area contributed by atoms with Gasteiger partial charge in [0.05, 0.1) is 25.3 Å². The predicted octanol–water partition coefficient (Wildman–Crippen LogP) is 1.11. The van der Waals surface area contributed by atoms with E-state index >= 15 is 0 Å². The number of hydrogen-bond donors (Lipinski definition) is 2. The number of carbonyl (C=O) groups excluding carboxylic acids is 1. The Morgan fingerprint density at radius 1 is 1.08 bits per heavy atom. The van der Waals surface area contributed by atoms with Crippen LogP contribution >= 0.6 is 0 Å². The van der Waals surface area contributed by atoms with E-state index < -0.39 is 0 Å². The predicted molar refractivity (Wildman–Crippen MR) is 97.5 cm³/mol. The van der Waals surface area contributed by atoms with Crippen molar-refractivity contribution in [1.82, 2.24) is 0 Å². The minimum atomic E-state index is -0.292. The van der Waals surface area contributed by atoms with Crippen molar-refractivity contribution in [2.75, 3.05) is 32.8 Å². The molecule has 3 N–H and O–H groups in total. The molecule has 0 aliphatic carbocycles. The Morgan fingerprint density at radius 2 is 1.80 bits per heavy atom. The lowest BCUT2D eigenvalue weighted by atomic mass is 10.1. The second-order valence-electron chi connectivity index (χ2n) is 6.05. The van der Waals surface area contributed by atoms with Gasteiger partial charge in [-0.3, -0.25) is 0 Å². The van der Waals surface area contributed by atoms with Gasteiger partial charge >= 0.3 is 5.97 Å². The molecule has 25 heavy (non-hydrogen) atoms. The third-order valence-electron chi connectivity index (χ3n) is 4.39. The van der Waals surface area contributed by atoms with E-state index in [0.717, 1.165) is 30.2 Å². The van der Waals surface area contributed by atoms with Gasteiger partial charge in [-0.15, -0.1) is 0 Å². The summed E-state index contributed by atoms with van der Waals surface area (Å²) >= 11 is 0. The van der Waals surface area contributed by atoms with Gasteiger partial charge in [-0.1, -0.05) is 12.1 Å². The summed E-state index contributed by atoms with van der Waals surface area (Å²) in [5.74, 6) is 1.51. The van der Waals surface area contributed by atoms with Crippen molar-refractivity contribution in [2.24, 2.45) is 0 Å². The number of quaternary nitrogens is 2. The molecule has 2 rings (SSSR count). The molecule has 0 amide bonds. The maximum absolute atomic E-state index is 11.7. The highest BCUT2D eigenvalue weighted by Crippen LogP contribution is 2.22. The topological polar surface area (TPSA) is 60.5 Å². The monoisotopic (exact) mass is 346 g/mol. The van der Waals surface area contributed by atoms with Crippen molar-refractivity contribution in [1.29, 1.82) is 0 Å². The fourth-order valence-corrected chi connectivity index (χ4v) is 2.78. The molecule has 1 heterocycles. The molecule has 0 radical (unpaired) electrons. The summed E-state index contributed by atoms with van der Waals surface area (Å²) in [5, 5.41) is 2.29. The number of hydrogen-bond acceptors (Lipinski definition) is 3. The zero-order chi connectivity index (χ0) is 18.1. The van der Waals surface area contributed by atoms with Crippen molar-refractivity contribution in [3.8, 4) is 11.3 Å². The SMILES string of the molecule is CCOC(=O)c1ccc(-c2ccc(C[NH2+]CC[NH+](CC)CC)o2)cc1. The van der Waals surface area contributed by atoms with Gasteiger partial charge in [0.1, 0.15) is 25.4 Å². The molecule has 1 aromatic heterocycles. The standard InChI is InChI=1S/C20H28N2O3/c1-4-22(5-2)14-13-21-15-18-11-12-19(25-18)16-7-9-17(10-8-16)20(23)24-6-3/h7-12,21H,4-6,13-15H2,1-3H3/p+2. The van der Waals surface area contributed by atoms with E-state index in [-0.39, 0.29) is 5.97 Å². The number of rotatable bonds is 10. The molecule has 0 saturated heterocycles. The largest absolute Gasteiger partial charge is 0.462 e. The first-order chi connectivity index (χ1) is 12.2. The van der Waals surface area contributed by atoms with Crippen molar-refractivity contribution in [3.05, 3.63) is 47.7 Å². The Hall–Kier alpha value is -2.11. The number of esters is 1. The first-order valence-corrected chi connectivity index (χ1v) is 9.19. The Morgan fingerprint density at radius 3 is 2.44 bits per heavy atom. The van der Waals surface area contributed by atoms with Gasteiger partial charge in [0.15, 0.2) is 5.76 Å². The molecule has 0 atom stereocenters. The van der Waals surface area contributed by atoms with Gasteiger partial charge in [-0.05, 0) is 45.0 Å². The van der Waals surface area contributed by atoms with Crippen LogP contribution < -0.4 is 10.2 Å². The average molecular weight is 346 g/mol. The molecule has 0 saturated carbocycles. The van der Waals surface area contributed by atoms with Crippen LogP contribution in [-0.2, 0) is 11.3 Å². The lowest BCUT2D eigenvalue weighted by Crippen LogP contribution is -3.14. The number of nitrogens with one attached hydrogen (secondary N) is 1. The van der Waals surface area contributed by atoms with Gasteiger partial charge in [0.25, 0.3) is 0 Å². The average Bonchev–Trinajstić information content (AvgIpc) is 3.11. The molecular formula is C20H30N2O3+2. The van der Waals surface area contributed by atoms with Crippen LogP contribution in [-0.4, -0.2) is 38.8 Å². The molecule has 0 aliphatic rings. The molecule has 5 heteroatoms. The second-order valence-corrected chi connectivity index (χ2v) is 6.05. The minimum absolute atomic E-state index is 0.292. The van der Waals surface area contributed by atoms with Crippen LogP contribution in [0.5, 0.6) is 0 Å². The Balaban J connectivity index is 1.87. The number of nitrogens with two attached hydrogens (primary N) is 1. The summed E-state index contributed by atoms with van der Waals surface area (Å²) in [6.45, 7) is 12.1. The fraction of sp³-hybridized carbons (Fsp3) is 0.450. The maximum Gasteiger partial charge on any atom is 0.338 e. The molecule has 0 spiro atoms. The van der Waals surface area contributed by atoms with Crippen LogP contribution in [0.25, 0.3) is 11.3 Å². The van der Waals surface area contributed by atoms with Crippen molar-refractivity contribution >= 4 is 5.97 Å². The quantitative estimate of drug-likeness (QED) is 0.500. The number of ether oxygens (including phenoxy) is 1. The van der Waals surface area contributed by atoms with Crippen LogP contribution in [0.3, 0.4) is 0 Å². The number of likely N-dealkylation sites (N-methyl/N-ethyl adjacent to an activating group) is 1. The Bertz CT molecular complexity index is 645. The number of furan rings is 1. The molecule has 136 valence electrons. The summed E-state index contributed by atoms with van der Waals surface area (Å²) in [6.07, 6.45) is 0. The summed E-state index contributed by atoms with van der Waals surface area (Å²) in [4.78, 5) is 13.3. The molecular weight excluding hydrogens is 316 g/mol. The molecule has 0 bridgehead atoms. The smallest absolute Gasteiger partial charge is 0.338 e. The van der Waals surface area contributed by atoms with Crippen LogP contribution in [0.15, 0.2) is 40.8 Å². The van der Waals surface area contributed by atoms with Crippen LogP contribution in [0.4, 0.5) is 0 Å². The van der Waals surface area contributed by atoms with Gasteiger partial charge in [0.2, 0.25) is 0 Å². The van der Waals surface area contributed by atoms with Crippen molar-refractivity contribution in [3.63, 3.8) is 0 Å². The van der Waals surface area contributed by atoms with Crippen LogP contribution in [0.1, 0.15) is 36.9 Å². The fourth-order valence-electron chi connectivity index (χ4n) is 2.78. The third-order valence-corrected chi connectivity index (χ3v) is 4.39. The zero-order valence-electron chi connectivity index (χ0n) is 15.5. The van der Waals surface area contributed by atoms with Gasteiger partial charge < -0.3 is 19.4 Å². The van der Waals surface area contributed by atoms with E-state index in [1.807, 2.05) is 24.3 Å². The van der Waals surface area contributed by atoms with E-state index in [2.05, 4.69) is 19.2 Å². The van der Waals surface area contributed by atoms with Crippen LogP contribution in [0.2, 0.25) is 0 Å². The van der Waals surface area contributed by atoms with Gasteiger partial charge in [-0.25, -0.2) is 4.79 Å². The highest BCUT2D eigenvalue weighted by atomic mass is 16.5. The summed E-state index contributed by atoms with van der Waals surface area (Å²) in [5.41, 5.74) is 1.52. The Labute approximate surface area is 150 Å². The Kier molecular flexibility index (Phi) is 7.70. The van der Waals surface area contributed by atoms with Gasteiger partial charge in [-0.2, -0.15) is 0 Å². The lowest BCUT2D eigenvalue weighted by molar-refractivity contribution is -0.910. The molecule has 0 unspecified atom stereocenters. The first kappa shape index (κ1) is 19.2. The van der Waals surface area contributed by atoms with Crippen molar-refractivity contribution in [2.45, 2.75) is 27.3 Å². The normalized spacial score (nSPS) is 11.0. The molecule has 0 fully saturated rings. The lowest BCUT2D eigenvalue weighted by Gasteiger charge is -2.13. The molecule has 2 aromatic rings. The van der Waals surface area contributed by atoms with Crippen LogP contribution in [0, 0.1) is 0 Å². The summed E-state index contributed by atoms with van der Waals surface area (Å²) < 4.78 is 10.9. The number of benzene rings is 1. The maximum atomic E-state index is 11.7. The first-order valence-electron chi connectivity index (χ1n) is 9.19. The summed E-state index contributed by atoms with van der Waals surface area (Å²) in [7, 11) is 0.